The van der Waals surface area contributed by atoms with E-state index in [1.807, 2.05) is 76.3 Å². The molecule has 0 saturated carbocycles. The van der Waals surface area contributed by atoms with Crippen LogP contribution in [-0.4, -0.2) is 38.4 Å². The molecule has 5 nitrogen and oxygen atoms in total. The fourth-order valence-electron chi connectivity index (χ4n) is 4.50. The van der Waals surface area contributed by atoms with Crippen LogP contribution >= 0.6 is 11.6 Å². The Hall–Kier alpha value is -3.44. The van der Waals surface area contributed by atoms with Crippen LogP contribution in [0.25, 0.3) is 11.3 Å². The van der Waals surface area contributed by atoms with Gasteiger partial charge in [-0.1, -0.05) is 48.0 Å². The predicted molar refractivity (Wildman–Crippen MR) is 130 cm³/mol. The summed E-state index contributed by atoms with van der Waals surface area (Å²) in [4.78, 5) is 24.5. The van der Waals surface area contributed by atoms with E-state index in [0.29, 0.717) is 18.1 Å². The topological polar surface area (TPSA) is 51.0 Å². The molecule has 6 heteroatoms. The molecular weight excluding hydrogens is 432 g/mol. The number of aromatic nitrogens is 3. The average Bonchev–Trinajstić information content (AvgIpc) is 3.37. The molecule has 2 aromatic heterocycles. The van der Waals surface area contributed by atoms with Crippen LogP contribution in [0.2, 0.25) is 5.02 Å². The van der Waals surface area contributed by atoms with Gasteiger partial charge in [0.15, 0.2) is 0 Å². The van der Waals surface area contributed by atoms with Gasteiger partial charge in [-0.3, -0.25) is 9.78 Å². The van der Waals surface area contributed by atoms with Crippen molar-refractivity contribution < 1.29 is 4.79 Å². The Kier molecular flexibility index (Phi) is 6.22. The lowest BCUT2D eigenvalue weighted by atomic mass is 9.93. The summed E-state index contributed by atoms with van der Waals surface area (Å²) in [7, 11) is 0. The van der Waals surface area contributed by atoms with Gasteiger partial charge in [-0.05, 0) is 48.7 Å². The Morgan fingerprint density at radius 1 is 1.06 bits per heavy atom. The summed E-state index contributed by atoms with van der Waals surface area (Å²) >= 11 is 6.18. The number of hydrogen-bond donors (Lipinski definition) is 0. The first-order chi connectivity index (χ1) is 16.2. The van der Waals surface area contributed by atoms with Gasteiger partial charge in [-0.2, -0.15) is 0 Å². The highest BCUT2D eigenvalue weighted by Crippen LogP contribution is 2.29. The number of nitrogens with zero attached hydrogens (tertiary/aromatic N) is 4. The molecule has 0 radical (unpaired) electrons. The summed E-state index contributed by atoms with van der Waals surface area (Å²) in [5, 5.41) is 0.698. The number of carbonyl (C=O) groups is 1. The number of hydrogen-bond acceptors (Lipinski definition) is 3. The summed E-state index contributed by atoms with van der Waals surface area (Å²) in [5.74, 6) is 0.295. The van der Waals surface area contributed by atoms with Crippen molar-refractivity contribution in [2.24, 2.45) is 0 Å². The second-order valence-corrected chi connectivity index (χ2v) is 8.88. The molecule has 4 aromatic rings. The third-order valence-corrected chi connectivity index (χ3v) is 6.41. The summed E-state index contributed by atoms with van der Waals surface area (Å²) < 4.78 is 1.98. The van der Waals surface area contributed by atoms with Crippen LogP contribution in [0.3, 0.4) is 0 Å². The van der Waals surface area contributed by atoms with E-state index in [0.717, 1.165) is 47.5 Å². The van der Waals surface area contributed by atoms with Gasteiger partial charge in [-0.25, -0.2) is 4.98 Å². The van der Waals surface area contributed by atoms with Gasteiger partial charge in [0.05, 0.1) is 12.0 Å². The third-order valence-electron chi connectivity index (χ3n) is 6.18. The first-order valence-corrected chi connectivity index (χ1v) is 11.6. The predicted octanol–water partition coefficient (Wildman–Crippen LogP) is 5.67. The quantitative estimate of drug-likeness (QED) is 0.389. The zero-order chi connectivity index (χ0) is 22.6. The Balaban J connectivity index is 1.36. The number of pyridine rings is 1. The van der Waals surface area contributed by atoms with Crippen LogP contribution in [0.15, 0.2) is 85.5 Å². The minimum Gasteiger partial charge on any atom is -0.338 e. The standard InChI is InChI=1S/C27H25ClN4O/c28-23-9-3-7-20(16-23)25-11-4-12-26(30-25)22-8-5-14-32(18-22)27(33)24-10-2-1-6-21(24)17-31-15-13-29-19-31/h1-4,6-7,9-13,15-16,19,22H,5,8,14,17-18H2. The molecule has 2 aromatic carbocycles. The van der Waals surface area contributed by atoms with E-state index >= 15 is 0 Å². The van der Waals surface area contributed by atoms with E-state index < -0.39 is 0 Å². The summed E-state index contributed by atoms with van der Waals surface area (Å²) in [6, 6.07) is 21.7. The molecule has 5 rings (SSSR count). The lowest BCUT2D eigenvalue weighted by molar-refractivity contribution is 0.0704. The number of imidazole rings is 1. The fraction of sp³-hybridized carbons (Fsp3) is 0.222. The van der Waals surface area contributed by atoms with Crippen LogP contribution in [0.5, 0.6) is 0 Å². The summed E-state index contributed by atoms with van der Waals surface area (Å²) in [5.41, 5.74) is 4.69. The maximum Gasteiger partial charge on any atom is 0.254 e. The van der Waals surface area contributed by atoms with E-state index in [1.54, 1.807) is 12.5 Å². The first kappa shape index (κ1) is 21.4. The number of rotatable bonds is 5. The fourth-order valence-corrected chi connectivity index (χ4v) is 4.69. The van der Waals surface area contributed by atoms with Crippen LogP contribution in [0.1, 0.15) is 40.4 Å². The van der Waals surface area contributed by atoms with Crippen LogP contribution in [0.4, 0.5) is 0 Å². The lowest BCUT2D eigenvalue weighted by Gasteiger charge is -2.33. The maximum absolute atomic E-state index is 13.5. The second-order valence-electron chi connectivity index (χ2n) is 8.44. The van der Waals surface area contributed by atoms with Gasteiger partial charge < -0.3 is 9.47 Å². The van der Waals surface area contributed by atoms with Crippen LogP contribution in [-0.2, 0) is 6.54 Å². The van der Waals surface area contributed by atoms with E-state index in [2.05, 4.69) is 11.1 Å². The third kappa shape index (κ3) is 4.83. The van der Waals surface area contributed by atoms with E-state index in [1.165, 1.54) is 0 Å². The Labute approximate surface area is 198 Å². The number of amides is 1. The molecule has 0 bridgehead atoms. The minimum atomic E-state index is 0.0846. The normalized spacial score (nSPS) is 16.0. The molecule has 1 aliphatic rings. The number of likely N-dealkylation sites (tertiary alicyclic amines) is 1. The second kappa shape index (κ2) is 9.59. The monoisotopic (exact) mass is 456 g/mol. The SMILES string of the molecule is O=C(c1ccccc1Cn1ccnc1)N1CCCC(c2cccc(-c3cccc(Cl)c3)n2)C1. The van der Waals surface area contributed by atoms with Gasteiger partial charge in [-0.15, -0.1) is 0 Å². The molecule has 3 heterocycles. The summed E-state index contributed by atoms with van der Waals surface area (Å²) in [6.45, 7) is 2.06. The molecular formula is C27H25ClN4O. The van der Waals surface area contributed by atoms with Crippen molar-refractivity contribution in [3.63, 3.8) is 0 Å². The lowest BCUT2D eigenvalue weighted by Crippen LogP contribution is -2.39. The van der Waals surface area contributed by atoms with Crippen molar-refractivity contribution in [1.82, 2.24) is 19.4 Å². The highest BCUT2D eigenvalue weighted by atomic mass is 35.5. The Morgan fingerprint density at radius 2 is 1.94 bits per heavy atom. The first-order valence-electron chi connectivity index (χ1n) is 11.2. The Bertz CT molecular complexity index is 1250. The van der Waals surface area contributed by atoms with Crippen molar-refractivity contribution in [1.29, 1.82) is 0 Å². The van der Waals surface area contributed by atoms with Crippen molar-refractivity contribution in [3.05, 3.63) is 107 Å². The van der Waals surface area contributed by atoms with E-state index in [9.17, 15) is 4.79 Å². The minimum absolute atomic E-state index is 0.0846. The number of carbonyl (C=O) groups excluding carboxylic acids is 1. The smallest absolute Gasteiger partial charge is 0.254 e. The largest absolute Gasteiger partial charge is 0.338 e. The molecule has 1 saturated heterocycles. The number of halogens is 1. The highest BCUT2D eigenvalue weighted by molar-refractivity contribution is 6.30. The molecule has 1 atom stereocenters. The molecule has 1 unspecified atom stereocenters. The zero-order valence-electron chi connectivity index (χ0n) is 18.3. The van der Waals surface area contributed by atoms with Crippen LogP contribution < -0.4 is 0 Å². The molecule has 166 valence electrons. The van der Waals surface area contributed by atoms with Crippen molar-refractivity contribution in [2.75, 3.05) is 13.1 Å². The van der Waals surface area contributed by atoms with Gasteiger partial charge >= 0.3 is 0 Å². The van der Waals surface area contributed by atoms with Gasteiger partial charge in [0, 0.05) is 59.8 Å². The van der Waals surface area contributed by atoms with Crippen molar-refractivity contribution in [3.8, 4) is 11.3 Å². The van der Waals surface area contributed by atoms with Gasteiger partial charge in [0.25, 0.3) is 5.91 Å². The van der Waals surface area contributed by atoms with Crippen molar-refractivity contribution >= 4 is 17.5 Å². The molecule has 1 aliphatic heterocycles. The number of piperidine rings is 1. The Morgan fingerprint density at radius 3 is 2.79 bits per heavy atom. The average molecular weight is 457 g/mol. The molecule has 1 amide bonds. The zero-order valence-corrected chi connectivity index (χ0v) is 19.0. The van der Waals surface area contributed by atoms with Gasteiger partial charge in [0.2, 0.25) is 0 Å². The molecule has 0 N–H and O–H groups in total. The highest BCUT2D eigenvalue weighted by Gasteiger charge is 2.27. The summed E-state index contributed by atoms with van der Waals surface area (Å²) in [6.07, 6.45) is 7.42. The molecule has 0 spiro atoms. The maximum atomic E-state index is 13.5. The van der Waals surface area contributed by atoms with Crippen molar-refractivity contribution in [2.45, 2.75) is 25.3 Å². The number of benzene rings is 2. The van der Waals surface area contributed by atoms with E-state index in [4.69, 9.17) is 16.6 Å². The van der Waals surface area contributed by atoms with E-state index in [-0.39, 0.29) is 11.8 Å². The molecule has 0 aliphatic carbocycles. The molecule has 1 fully saturated rings. The van der Waals surface area contributed by atoms with Gasteiger partial charge in [0.1, 0.15) is 0 Å². The van der Waals surface area contributed by atoms with Crippen LogP contribution in [0, 0.1) is 0 Å². The molecule has 33 heavy (non-hydrogen) atoms.